The Morgan fingerprint density at radius 1 is 1.13 bits per heavy atom. The fourth-order valence-corrected chi connectivity index (χ4v) is 4.41. The molecule has 8 nitrogen and oxygen atoms in total. The van der Waals surface area contributed by atoms with Crippen LogP contribution in [-0.2, 0) is 17.8 Å². The number of aromatic hydroxyl groups is 1. The van der Waals surface area contributed by atoms with Crippen LogP contribution in [0, 0.1) is 29.1 Å². The van der Waals surface area contributed by atoms with Crippen molar-refractivity contribution in [2.75, 3.05) is 19.6 Å². The highest BCUT2D eigenvalue weighted by Crippen LogP contribution is 2.25. The number of benzene rings is 2. The van der Waals surface area contributed by atoms with Gasteiger partial charge in [-0.2, -0.15) is 5.26 Å². The number of H-pyrrole nitrogens is 1. The molecule has 200 valence electrons. The molecule has 3 aromatic rings. The zero-order valence-electron chi connectivity index (χ0n) is 21.0. The standard InChI is InChI=1S/C29H27F2N5O3/c30-25(31)15-33-28(38)24(26-27(37)29(39)35-18-34-26)13-21-7-3-19(4-8-21)1-2-20-5-9-22(10-6-20)16-36-12-11-23(14-32)17-36/h3-10,18,23-25,37H,11-13,15-17H2,(H,33,38)(H,34,35,39)/t23-,24?/m0/s1. The molecule has 10 heteroatoms. The molecule has 39 heavy (non-hydrogen) atoms. The van der Waals surface area contributed by atoms with E-state index in [1.54, 1.807) is 24.3 Å². The van der Waals surface area contributed by atoms with E-state index in [1.165, 1.54) is 0 Å². The summed E-state index contributed by atoms with van der Waals surface area (Å²) in [5.41, 5.74) is 2.41. The Morgan fingerprint density at radius 2 is 1.77 bits per heavy atom. The zero-order chi connectivity index (χ0) is 27.8. The van der Waals surface area contributed by atoms with Crippen LogP contribution in [0.4, 0.5) is 8.78 Å². The molecule has 0 bridgehead atoms. The van der Waals surface area contributed by atoms with Crippen molar-refractivity contribution in [3.05, 3.63) is 93.2 Å². The molecule has 2 heterocycles. The number of hydrogen-bond acceptors (Lipinski definition) is 6. The molecular weight excluding hydrogens is 504 g/mol. The molecule has 1 unspecified atom stereocenters. The first kappa shape index (κ1) is 27.5. The monoisotopic (exact) mass is 531 g/mol. The van der Waals surface area contributed by atoms with Gasteiger partial charge in [0.2, 0.25) is 11.7 Å². The largest absolute Gasteiger partial charge is 0.502 e. The van der Waals surface area contributed by atoms with Crippen LogP contribution >= 0.6 is 0 Å². The molecule has 0 spiro atoms. The number of nitriles is 1. The molecule has 1 saturated heterocycles. The Balaban J connectivity index is 1.42. The van der Waals surface area contributed by atoms with Crippen molar-refractivity contribution in [1.29, 1.82) is 5.26 Å². The van der Waals surface area contributed by atoms with E-state index in [-0.39, 0.29) is 18.0 Å². The lowest BCUT2D eigenvalue weighted by Crippen LogP contribution is -2.34. The summed E-state index contributed by atoms with van der Waals surface area (Å²) in [5.74, 6) is 3.68. The first-order chi connectivity index (χ1) is 18.8. The Hall–Kier alpha value is -4.54. The van der Waals surface area contributed by atoms with E-state index in [2.05, 4.69) is 38.1 Å². The number of hydrogen-bond donors (Lipinski definition) is 3. The minimum atomic E-state index is -2.74. The molecule has 3 N–H and O–H groups in total. The number of rotatable bonds is 8. The Bertz CT molecular complexity index is 1450. The first-order valence-electron chi connectivity index (χ1n) is 12.5. The highest BCUT2D eigenvalue weighted by molar-refractivity contribution is 5.84. The zero-order valence-corrected chi connectivity index (χ0v) is 21.0. The van der Waals surface area contributed by atoms with E-state index in [4.69, 9.17) is 5.26 Å². The molecule has 1 fully saturated rings. The fourth-order valence-electron chi connectivity index (χ4n) is 4.41. The number of likely N-dealkylation sites (tertiary alicyclic amines) is 1. The van der Waals surface area contributed by atoms with Crippen molar-refractivity contribution >= 4 is 5.91 Å². The molecule has 0 radical (unpaired) electrons. The van der Waals surface area contributed by atoms with Crippen molar-refractivity contribution < 1.29 is 18.7 Å². The second-order valence-corrected chi connectivity index (χ2v) is 9.35. The highest BCUT2D eigenvalue weighted by atomic mass is 19.3. The summed E-state index contributed by atoms with van der Waals surface area (Å²) in [6.45, 7) is 1.68. The van der Waals surface area contributed by atoms with Gasteiger partial charge in [0.15, 0.2) is 0 Å². The summed E-state index contributed by atoms with van der Waals surface area (Å²) in [6.07, 6.45) is -0.754. The van der Waals surface area contributed by atoms with E-state index >= 15 is 0 Å². The molecule has 1 aliphatic rings. The maximum absolute atomic E-state index is 12.6. The van der Waals surface area contributed by atoms with Crippen LogP contribution in [0.3, 0.4) is 0 Å². The summed E-state index contributed by atoms with van der Waals surface area (Å²) >= 11 is 0. The first-order valence-corrected chi connectivity index (χ1v) is 12.5. The minimum absolute atomic E-state index is 0.0282. The van der Waals surface area contributed by atoms with Crippen molar-refractivity contribution in [3.8, 4) is 23.7 Å². The second-order valence-electron chi connectivity index (χ2n) is 9.35. The van der Waals surface area contributed by atoms with E-state index < -0.39 is 36.1 Å². The van der Waals surface area contributed by atoms with Gasteiger partial charge in [-0.05, 0) is 54.8 Å². The third-order valence-corrected chi connectivity index (χ3v) is 6.49. The van der Waals surface area contributed by atoms with Gasteiger partial charge >= 0.3 is 0 Å². The van der Waals surface area contributed by atoms with Gasteiger partial charge in [-0.15, -0.1) is 0 Å². The topological polar surface area (TPSA) is 122 Å². The molecule has 4 rings (SSSR count). The summed E-state index contributed by atoms with van der Waals surface area (Å²) < 4.78 is 25.3. The molecular formula is C29H27F2N5O3. The third kappa shape index (κ3) is 7.50. The maximum Gasteiger partial charge on any atom is 0.293 e. The van der Waals surface area contributed by atoms with Gasteiger partial charge in [0, 0.05) is 24.2 Å². The van der Waals surface area contributed by atoms with Crippen molar-refractivity contribution in [1.82, 2.24) is 20.2 Å². The number of alkyl halides is 2. The van der Waals surface area contributed by atoms with Crippen LogP contribution in [0.1, 0.15) is 40.3 Å². The Labute approximate surface area is 224 Å². The van der Waals surface area contributed by atoms with Crippen LogP contribution < -0.4 is 10.9 Å². The number of aromatic amines is 1. The summed E-state index contributed by atoms with van der Waals surface area (Å²) in [5, 5.41) is 21.3. The summed E-state index contributed by atoms with van der Waals surface area (Å²) in [7, 11) is 0. The number of aromatic nitrogens is 2. The highest BCUT2D eigenvalue weighted by Gasteiger charge is 2.27. The number of halogens is 2. The molecule has 1 amide bonds. The van der Waals surface area contributed by atoms with Gasteiger partial charge < -0.3 is 15.4 Å². The van der Waals surface area contributed by atoms with Crippen LogP contribution in [-0.4, -0.2) is 51.9 Å². The number of carbonyl (C=O) groups excluding carboxylic acids is 1. The van der Waals surface area contributed by atoms with Gasteiger partial charge in [0.05, 0.1) is 30.8 Å². The predicted octanol–water partition coefficient (Wildman–Crippen LogP) is 2.93. The fraction of sp³-hybridized carbons (Fsp3) is 0.310. The third-order valence-electron chi connectivity index (χ3n) is 6.49. The number of carbonyl (C=O) groups is 1. The van der Waals surface area contributed by atoms with Crippen molar-refractivity contribution in [2.45, 2.75) is 31.7 Å². The van der Waals surface area contributed by atoms with E-state index in [9.17, 15) is 23.5 Å². The number of nitrogens with one attached hydrogen (secondary N) is 2. The average Bonchev–Trinajstić information content (AvgIpc) is 3.40. The molecule has 0 saturated carbocycles. The van der Waals surface area contributed by atoms with E-state index in [0.717, 1.165) is 49.1 Å². The summed E-state index contributed by atoms with van der Waals surface area (Å²) in [6, 6.07) is 17.3. The lowest BCUT2D eigenvalue weighted by Gasteiger charge is -2.17. The second kappa shape index (κ2) is 12.8. The Kier molecular flexibility index (Phi) is 9.03. The number of nitrogens with zero attached hydrogens (tertiary/aromatic N) is 3. The smallest absolute Gasteiger partial charge is 0.293 e. The van der Waals surface area contributed by atoms with E-state index in [1.807, 2.05) is 24.3 Å². The SMILES string of the molecule is N#C[C@@H]1CCN(Cc2ccc(C#Cc3ccc(CC(C(=O)NCC(F)F)c4nc[nH]c(=O)c4O)cc3)cc2)C1. The van der Waals surface area contributed by atoms with Gasteiger partial charge in [0.25, 0.3) is 12.0 Å². The van der Waals surface area contributed by atoms with E-state index in [0.29, 0.717) is 5.56 Å². The van der Waals surface area contributed by atoms with Crippen LogP contribution in [0.25, 0.3) is 0 Å². The van der Waals surface area contributed by atoms with Gasteiger partial charge in [-0.3, -0.25) is 14.5 Å². The lowest BCUT2D eigenvalue weighted by atomic mass is 9.94. The Morgan fingerprint density at radius 3 is 2.36 bits per heavy atom. The quantitative estimate of drug-likeness (QED) is 0.384. The molecule has 2 atom stereocenters. The predicted molar refractivity (Wildman–Crippen MR) is 140 cm³/mol. The summed E-state index contributed by atoms with van der Waals surface area (Å²) in [4.78, 5) is 32.9. The molecule has 1 aromatic heterocycles. The minimum Gasteiger partial charge on any atom is -0.502 e. The normalized spacial score (nSPS) is 15.8. The molecule has 2 aromatic carbocycles. The van der Waals surface area contributed by atoms with Crippen LogP contribution in [0.5, 0.6) is 5.75 Å². The molecule has 0 aliphatic carbocycles. The van der Waals surface area contributed by atoms with Gasteiger partial charge in [-0.25, -0.2) is 13.8 Å². The van der Waals surface area contributed by atoms with Crippen LogP contribution in [0.15, 0.2) is 59.7 Å². The average molecular weight is 532 g/mol. The lowest BCUT2D eigenvalue weighted by molar-refractivity contribution is -0.123. The number of amides is 1. The maximum atomic E-state index is 12.6. The van der Waals surface area contributed by atoms with Gasteiger partial charge in [0.1, 0.15) is 5.69 Å². The van der Waals surface area contributed by atoms with Crippen LogP contribution in [0.2, 0.25) is 0 Å². The van der Waals surface area contributed by atoms with Crippen molar-refractivity contribution in [3.63, 3.8) is 0 Å². The molecule has 1 aliphatic heterocycles. The van der Waals surface area contributed by atoms with Crippen molar-refractivity contribution in [2.24, 2.45) is 5.92 Å². The van der Waals surface area contributed by atoms with Gasteiger partial charge in [-0.1, -0.05) is 36.1 Å².